The molecule has 2 rings (SSSR count). The molecule has 0 saturated carbocycles. The van der Waals surface area contributed by atoms with Crippen molar-refractivity contribution < 1.29 is 9.13 Å². The summed E-state index contributed by atoms with van der Waals surface area (Å²) in [5, 5.41) is 4.26. The SMILES string of the molecule is Cc1nn(C)c(C)c1Oc1c(F)cccc1CCN. The van der Waals surface area contributed by atoms with Crippen LogP contribution in [0.3, 0.4) is 0 Å². The number of hydrogen-bond acceptors (Lipinski definition) is 3. The van der Waals surface area contributed by atoms with Crippen LogP contribution in [-0.4, -0.2) is 16.3 Å². The third kappa shape index (κ3) is 2.61. The molecule has 0 atom stereocenters. The van der Waals surface area contributed by atoms with Gasteiger partial charge in [-0.1, -0.05) is 12.1 Å². The fourth-order valence-electron chi connectivity index (χ4n) is 2.02. The summed E-state index contributed by atoms with van der Waals surface area (Å²) < 4.78 is 21.4. The number of para-hydroxylation sites is 1. The number of rotatable bonds is 4. The Morgan fingerprint density at radius 3 is 2.63 bits per heavy atom. The summed E-state index contributed by atoms with van der Waals surface area (Å²) >= 11 is 0. The molecule has 1 heterocycles. The quantitative estimate of drug-likeness (QED) is 0.922. The summed E-state index contributed by atoms with van der Waals surface area (Å²) in [6.45, 7) is 4.18. The third-order valence-electron chi connectivity index (χ3n) is 3.11. The Morgan fingerprint density at radius 2 is 2.05 bits per heavy atom. The summed E-state index contributed by atoms with van der Waals surface area (Å²) in [6.07, 6.45) is 0.575. The van der Waals surface area contributed by atoms with Gasteiger partial charge in [0.05, 0.1) is 5.69 Å². The molecule has 0 aliphatic rings. The molecule has 0 bridgehead atoms. The van der Waals surface area contributed by atoms with Crippen molar-refractivity contribution in [3.8, 4) is 11.5 Å². The van der Waals surface area contributed by atoms with Gasteiger partial charge in [0.15, 0.2) is 17.3 Å². The highest BCUT2D eigenvalue weighted by molar-refractivity contribution is 5.42. The summed E-state index contributed by atoms with van der Waals surface area (Å²) in [5.74, 6) is 0.464. The molecule has 5 heteroatoms. The first kappa shape index (κ1) is 13.5. The zero-order valence-corrected chi connectivity index (χ0v) is 11.4. The van der Waals surface area contributed by atoms with Crippen molar-refractivity contribution >= 4 is 0 Å². The molecule has 4 nitrogen and oxygen atoms in total. The average molecular weight is 263 g/mol. The Balaban J connectivity index is 2.42. The average Bonchev–Trinajstić information content (AvgIpc) is 2.60. The Morgan fingerprint density at radius 1 is 1.32 bits per heavy atom. The maximum absolute atomic E-state index is 13.9. The molecule has 0 unspecified atom stereocenters. The van der Waals surface area contributed by atoms with Gasteiger partial charge in [0.25, 0.3) is 0 Å². The fraction of sp³-hybridized carbons (Fsp3) is 0.357. The van der Waals surface area contributed by atoms with Gasteiger partial charge in [-0.2, -0.15) is 5.10 Å². The molecule has 0 aliphatic heterocycles. The van der Waals surface area contributed by atoms with Crippen molar-refractivity contribution in [3.05, 3.63) is 41.0 Å². The zero-order chi connectivity index (χ0) is 14.0. The lowest BCUT2D eigenvalue weighted by Gasteiger charge is -2.11. The molecule has 19 heavy (non-hydrogen) atoms. The molecule has 0 saturated heterocycles. The van der Waals surface area contributed by atoms with E-state index in [1.807, 2.05) is 27.0 Å². The molecule has 0 spiro atoms. The van der Waals surface area contributed by atoms with Crippen molar-refractivity contribution in [2.24, 2.45) is 12.8 Å². The van der Waals surface area contributed by atoms with Crippen LogP contribution in [0.5, 0.6) is 11.5 Å². The normalized spacial score (nSPS) is 10.8. The van der Waals surface area contributed by atoms with Crippen molar-refractivity contribution in [2.45, 2.75) is 20.3 Å². The van der Waals surface area contributed by atoms with Gasteiger partial charge in [0.2, 0.25) is 0 Å². The van der Waals surface area contributed by atoms with E-state index >= 15 is 0 Å². The molecule has 2 N–H and O–H groups in total. The summed E-state index contributed by atoms with van der Waals surface area (Å²) in [4.78, 5) is 0. The van der Waals surface area contributed by atoms with Crippen LogP contribution in [0.25, 0.3) is 0 Å². The van der Waals surface area contributed by atoms with E-state index in [9.17, 15) is 4.39 Å². The van der Waals surface area contributed by atoms with E-state index in [-0.39, 0.29) is 11.6 Å². The van der Waals surface area contributed by atoms with Gasteiger partial charge >= 0.3 is 0 Å². The van der Waals surface area contributed by atoms with Gasteiger partial charge < -0.3 is 10.5 Å². The van der Waals surface area contributed by atoms with E-state index < -0.39 is 0 Å². The van der Waals surface area contributed by atoms with Gasteiger partial charge in [-0.25, -0.2) is 4.39 Å². The van der Waals surface area contributed by atoms with Gasteiger partial charge in [0.1, 0.15) is 5.69 Å². The lowest BCUT2D eigenvalue weighted by molar-refractivity contribution is 0.430. The first-order valence-corrected chi connectivity index (χ1v) is 6.20. The van der Waals surface area contributed by atoms with Crippen LogP contribution >= 0.6 is 0 Å². The standard InChI is InChI=1S/C14H18FN3O/c1-9-13(10(2)18(3)17-9)19-14-11(7-8-16)5-4-6-12(14)15/h4-6H,7-8,16H2,1-3H3. The highest BCUT2D eigenvalue weighted by Gasteiger charge is 2.16. The smallest absolute Gasteiger partial charge is 0.171 e. The summed E-state index contributed by atoms with van der Waals surface area (Å²) in [6, 6.07) is 4.87. The molecule has 1 aromatic heterocycles. The van der Waals surface area contributed by atoms with Crippen molar-refractivity contribution in [1.29, 1.82) is 0 Å². The van der Waals surface area contributed by atoms with Crippen LogP contribution in [0.4, 0.5) is 4.39 Å². The van der Waals surface area contributed by atoms with Crippen LogP contribution in [-0.2, 0) is 13.5 Å². The minimum absolute atomic E-state index is 0.243. The monoisotopic (exact) mass is 263 g/mol. The Kier molecular flexibility index (Phi) is 3.85. The highest BCUT2D eigenvalue weighted by Crippen LogP contribution is 2.32. The Bertz CT molecular complexity index is 593. The molecular weight excluding hydrogens is 245 g/mol. The molecule has 2 aromatic rings. The number of nitrogens with zero attached hydrogens (tertiary/aromatic N) is 2. The number of benzene rings is 1. The molecule has 1 aromatic carbocycles. The second-order valence-corrected chi connectivity index (χ2v) is 4.49. The van der Waals surface area contributed by atoms with E-state index in [1.165, 1.54) is 6.07 Å². The van der Waals surface area contributed by atoms with E-state index in [1.54, 1.807) is 10.7 Å². The first-order chi connectivity index (χ1) is 9.04. The summed E-state index contributed by atoms with van der Waals surface area (Å²) in [7, 11) is 1.83. The first-order valence-electron chi connectivity index (χ1n) is 6.20. The van der Waals surface area contributed by atoms with E-state index in [0.29, 0.717) is 18.7 Å². The minimum Gasteiger partial charge on any atom is -0.450 e. The van der Waals surface area contributed by atoms with Crippen molar-refractivity contribution in [3.63, 3.8) is 0 Å². The van der Waals surface area contributed by atoms with E-state index in [2.05, 4.69) is 5.10 Å². The Hall–Kier alpha value is -1.88. The van der Waals surface area contributed by atoms with Crippen LogP contribution in [0.2, 0.25) is 0 Å². The second-order valence-electron chi connectivity index (χ2n) is 4.49. The lowest BCUT2D eigenvalue weighted by atomic mass is 10.1. The zero-order valence-electron chi connectivity index (χ0n) is 11.4. The molecule has 0 radical (unpaired) electrons. The van der Waals surface area contributed by atoms with Crippen molar-refractivity contribution in [1.82, 2.24) is 9.78 Å². The molecule has 0 amide bonds. The van der Waals surface area contributed by atoms with Crippen LogP contribution in [0.15, 0.2) is 18.2 Å². The number of nitrogens with two attached hydrogens (primary N) is 1. The van der Waals surface area contributed by atoms with Crippen LogP contribution in [0.1, 0.15) is 17.0 Å². The number of aromatic nitrogens is 2. The van der Waals surface area contributed by atoms with E-state index in [4.69, 9.17) is 10.5 Å². The van der Waals surface area contributed by atoms with Gasteiger partial charge in [-0.15, -0.1) is 0 Å². The third-order valence-corrected chi connectivity index (χ3v) is 3.11. The molecule has 0 fully saturated rings. The highest BCUT2D eigenvalue weighted by atomic mass is 19.1. The maximum Gasteiger partial charge on any atom is 0.171 e. The number of hydrogen-bond donors (Lipinski definition) is 1. The number of halogens is 1. The van der Waals surface area contributed by atoms with Gasteiger partial charge in [0, 0.05) is 7.05 Å². The predicted octanol–water partition coefficient (Wildman–Crippen LogP) is 2.47. The largest absolute Gasteiger partial charge is 0.450 e. The van der Waals surface area contributed by atoms with E-state index in [0.717, 1.165) is 17.0 Å². The fourth-order valence-corrected chi connectivity index (χ4v) is 2.02. The Labute approximate surface area is 112 Å². The number of aryl methyl sites for hydroxylation is 2. The van der Waals surface area contributed by atoms with Crippen LogP contribution in [0, 0.1) is 19.7 Å². The van der Waals surface area contributed by atoms with Gasteiger partial charge in [-0.05, 0) is 38.4 Å². The minimum atomic E-state index is -0.381. The van der Waals surface area contributed by atoms with Gasteiger partial charge in [-0.3, -0.25) is 4.68 Å². The lowest BCUT2D eigenvalue weighted by Crippen LogP contribution is -2.05. The molecular formula is C14H18FN3O. The van der Waals surface area contributed by atoms with Crippen LogP contribution < -0.4 is 10.5 Å². The molecule has 0 aliphatic carbocycles. The summed E-state index contributed by atoms with van der Waals surface area (Å²) in [5.41, 5.74) is 7.91. The maximum atomic E-state index is 13.9. The predicted molar refractivity (Wildman–Crippen MR) is 71.9 cm³/mol. The number of ether oxygens (including phenoxy) is 1. The second kappa shape index (κ2) is 5.40. The van der Waals surface area contributed by atoms with Crippen molar-refractivity contribution in [2.75, 3.05) is 6.54 Å². The topological polar surface area (TPSA) is 53.1 Å². The molecule has 102 valence electrons.